The summed E-state index contributed by atoms with van der Waals surface area (Å²) in [5.74, 6) is 0. The topological polar surface area (TPSA) is 36.8 Å². The summed E-state index contributed by atoms with van der Waals surface area (Å²) >= 11 is 0. The van der Waals surface area contributed by atoms with E-state index in [9.17, 15) is 0 Å². The summed E-state index contributed by atoms with van der Waals surface area (Å²) in [4.78, 5) is 0. The van der Waals surface area contributed by atoms with E-state index in [-0.39, 0.29) is 0 Å². The van der Waals surface area contributed by atoms with Gasteiger partial charge in [-0.05, 0) is 44.4 Å². The number of hydrogen-bond acceptors (Lipinski definition) is 3. The lowest BCUT2D eigenvalue weighted by Crippen LogP contribution is -2.15. The first-order chi connectivity index (χ1) is 8.99. The van der Waals surface area contributed by atoms with Gasteiger partial charge in [-0.25, -0.2) is 0 Å². The van der Waals surface area contributed by atoms with Crippen molar-refractivity contribution in [1.29, 1.82) is 0 Å². The van der Waals surface area contributed by atoms with E-state index in [2.05, 4.69) is 55.0 Å². The predicted molar refractivity (Wildman–Crippen MR) is 81.2 cm³/mol. The summed E-state index contributed by atoms with van der Waals surface area (Å²) in [6.45, 7) is 13.1. The largest absolute Gasteiger partial charge is 0.380 e. The van der Waals surface area contributed by atoms with Crippen molar-refractivity contribution in [3.8, 4) is 0 Å². The van der Waals surface area contributed by atoms with Crippen LogP contribution in [0.4, 0.5) is 0 Å². The average molecular weight is 257 g/mol. The molecule has 0 fully saturated rings. The molecular weight excluding hydrogens is 234 g/mol. The van der Waals surface area contributed by atoms with Gasteiger partial charge in [-0.3, -0.25) is 0 Å². The molecule has 0 aliphatic carbocycles. The minimum atomic E-state index is 0.757. The molecule has 1 aromatic rings. The molecule has 1 aromatic carbocycles. The van der Waals surface area contributed by atoms with E-state index >= 15 is 0 Å². The van der Waals surface area contributed by atoms with Crippen LogP contribution in [0.3, 0.4) is 0 Å². The first-order valence-corrected chi connectivity index (χ1v) is 6.45. The van der Waals surface area contributed by atoms with Crippen LogP contribution in [0.15, 0.2) is 46.4 Å². The van der Waals surface area contributed by atoms with Crippen LogP contribution < -0.4 is 5.32 Å². The zero-order chi connectivity index (χ0) is 14.4. The van der Waals surface area contributed by atoms with Crippen molar-refractivity contribution in [2.24, 2.45) is 10.2 Å². The number of benzene rings is 1. The van der Waals surface area contributed by atoms with Crippen LogP contribution in [-0.2, 0) is 6.54 Å². The molecule has 0 heterocycles. The summed E-state index contributed by atoms with van der Waals surface area (Å²) < 4.78 is 0. The van der Waals surface area contributed by atoms with Gasteiger partial charge in [0.1, 0.15) is 5.70 Å². The number of hydrogen-bond donors (Lipinski definition) is 1. The number of nitrogens with zero attached hydrogens (tertiary/aromatic N) is 2. The predicted octanol–water partition coefficient (Wildman–Crippen LogP) is 4.20. The minimum absolute atomic E-state index is 0.757. The van der Waals surface area contributed by atoms with Gasteiger partial charge in [-0.2, -0.15) is 10.2 Å². The van der Waals surface area contributed by atoms with E-state index < -0.39 is 0 Å². The van der Waals surface area contributed by atoms with Crippen LogP contribution >= 0.6 is 0 Å². The summed E-state index contributed by atoms with van der Waals surface area (Å²) in [5.41, 5.74) is 6.80. The van der Waals surface area contributed by atoms with Gasteiger partial charge in [0.25, 0.3) is 0 Å². The van der Waals surface area contributed by atoms with Crippen LogP contribution in [0.5, 0.6) is 0 Å². The molecule has 0 saturated carbocycles. The van der Waals surface area contributed by atoms with Crippen molar-refractivity contribution in [1.82, 2.24) is 5.32 Å². The normalized spacial score (nSPS) is 11.9. The Kier molecular flexibility index (Phi) is 5.49. The van der Waals surface area contributed by atoms with Crippen molar-refractivity contribution in [3.63, 3.8) is 0 Å². The maximum absolute atomic E-state index is 4.04. The SMILES string of the molecule is C=C(NCc1c(C)cc(C)cc1C)C(=C/C)/N=N\C. The van der Waals surface area contributed by atoms with Crippen LogP contribution in [0.2, 0.25) is 0 Å². The Bertz CT molecular complexity index is 502. The highest BCUT2D eigenvalue weighted by atomic mass is 15.1. The zero-order valence-electron chi connectivity index (χ0n) is 12.5. The van der Waals surface area contributed by atoms with E-state index in [1.807, 2.05) is 13.0 Å². The molecule has 19 heavy (non-hydrogen) atoms. The van der Waals surface area contributed by atoms with Crippen molar-refractivity contribution in [3.05, 3.63) is 58.4 Å². The maximum atomic E-state index is 4.04. The molecule has 0 bridgehead atoms. The second-order valence-electron chi connectivity index (χ2n) is 4.68. The Balaban J connectivity index is 2.81. The highest BCUT2D eigenvalue weighted by Gasteiger charge is 2.05. The van der Waals surface area contributed by atoms with Crippen molar-refractivity contribution >= 4 is 0 Å². The van der Waals surface area contributed by atoms with E-state index in [1.54, 1.807) is 7.05 Å². The molecule has 1 rings (SSSR count). The summed E-state index contributed by atoms with van der Waals surface area (Å²) in [6.07, 6.45) is 1.90. The van der Waals surface area contributed by atoms with Crippen LogP contribution in [0.1, 0.15) is 29.2 Å². The first-order valence-electron chi connectivity index (χ1n) is 6.45. The fourth-order valence-corrected chi connectivity index (χ4v) is 2.17. The molecule has 0 saturated heterocycles. The first kappa shape index (κ1) is 15.2. The molecule has 0 aliphatic heterocycles. The van der Waals surface area contributed by atoms with Gasteiger partial charge in [-0.15, -0.1) is 0 Å². The highest BCUT2D eigenvalue weighted by molar-refractivity contribution is 5.38. The third kappa shape index (κ3) is 4.05. The molecule has 0 aliphatic rings. The maximum Gasteiger partial charge on any atom is 0.103 e. The van der Waals surface area contributed by atoms with Crippen molar-refractivity contribution in [2.45, 2.75) is 34.2 Å². The fourth-order valence-electron chi connectivity index (χ4n) is 2.17. The lowest BCUT2D eigenvalue weighted by atomic mass is 10.00. The van der Waals surface area contributed by atoms with Gasteiger partial charge in [0.15, 0.2) is 0 Å². The fraction of sp³-hybridized carbons (Fsp3) is 0.375. The minimum Gasteiger partial charge on any atom is -0.380 e. The zero-order valence-corrected chi connectivity index (χ0v) is 12.5. The summed E-state index contributed by atoms with van der Waals surface area (Å²) in [7, 11) is 1.66. The van der Waals surface area contributed by atoms with Gasteiger partial charge in [0, 0.05) is 13.6 Å². The average Bonchev–Trinajstić information content (AvgIpc) is 2.34. The molecule has 3 nitrogen and oxygen atoms in total. The van der Waals surface area contributed by atoms with Gasteiger partial charge in [0.2, 0.25) is 0 Å². The second kappa shape index (κ2) is 6.88. The summed E-state index contributed by atoms with van der Waals surface area (Å²) in [5, 5.41) is 11.1. The van der Waals surface area contributed by atoms with E-state index in [0.29, 0.717) is 0 Å². The molecular formula is C16H23N3. The van der Waals surface area contributed by atoms with Gasteiger partial charge in [0.05, 0.1) is 5.70 Å². The summed E-state index contributed by atoms with van der Waals surface area (Å²) in [6, 6.07) is 4.41. The quantitative estimate of drug-likeness (QED) is 0.623. The van der Waals surface area contributed by atoms with Crippen molar-refractivity contribution < 1.29 is 0 Å². The molecule has 102 valence electrons. The number of azo groups is 1. The number of nitrogens with one attached hydrogen (secondary N) is 1. The van der Waals surface area contributed by atoms with Gasteiger partial charge in [-0.1, -0.05) is 30.4 Å². The highest BCUT2D eigenvalue weighted by Crippen LogP contribution is 2.17. The third-order valence-electron chi connectivity index (χ3n) is 3.11. The van der Waals surface area contributed by atoms with Gasteiger partial charge >= 0.3 is 0 Å². The third-order valence-corrected chi connectivity index (χ3v) is 3.11. The molecule has 0 spiro atoms. The smallest absolute Gasteiger partial charge is 0.103 e. The molecule has 0 aromatic heterocycles. The van der Waals surface area contributed by atoms with Crippen LogP contribution in [0.25, 0.3) is 0 Å². The Hall–Kier alpha value is -1.90. The number of rotatable bonds is 5. The molecule has 0 unspecified atom stereocenters. The molecule has 0 amide bonds. The van der Waals surface area contributed by atoms with Crippen LogP contribution in [-0.4, -0.2) is 7.05 Å². The molecule has 1 N–H and O–H groups in total. The molecule has 0 atom stereocenters. The second-order valence-corrected chi connectivity index (χ2v) is 4.68. The number of allylic oxidation sites excluding steroid dienone is 1. The standard InChI is InChI=1S/C16H23N3/c1-7-16(19-17-6)14(5)18-10-15-12(3)8-11(2)9-13(15)4/h7-9,18H,5,10H2,1-4,6H3/b16-7-,19-17-. The van der Waals surface area contributed by atoms with Crippen molar-refractivity contribution in [2.75, 3.05) is 7.05 Å². The Labute approximate surface area is 116 Å². The monoisotopic (exact) mass is 257 g/mol. The number of aryl methyl sites for hydroxylation is 3. The van der Waals surface area contributed by atoms with Gasteiger partial charge < -0.3 is 5.32 Å². The molecule has 0 radical (unpaired) electrons. The van der Waals surface area contributed by atoms with E-state index in [0.717, 1.165) is 17.9 Å². The lowest BCUT2D eigenvalue weighted by molar-refractivity contribution is 0.801. The Morgan fingerprint density at radius 2 is 1.84 bits per heavy atom. The van der Waals surface area contributed by atoms with E-state index in [1.165, 1.54) is 22.3 Å². The lowest BCUT2D eigenvalue weighted by Gasteiger charge is -2.14. The van der Waals surface area contributed by atoms with E-state index in [4.69, 9.17) is 0 Å². The Morgan fingerprint density at radius 3 is 2.32 bits per heavy atom. The van der Waals surface area contributed by atoms with Crippen LogP contribution in [0, 0.1) is 20.8 Å². The molecule has 3 heteroatoms. The Morgan fingerprint density at radius 1 is 1.26 bits per heavy atom.